The van der Waals surface area contributed by atoms with E-state index in [2.05, 4.69) is 5.16 Å². The molecular formula is C9H9NO3. The normalized spacial score (nSPS) is 8.92. The molecule has 0 atom stereocenters. The van der Waals surface area contributed by atoms with Gasteiger partial charge in [0.05, 0.1) is 0 Å². The molecule has 13 heavy (non-hydrogen) atoms. The molecule has 1 N–H and O–H groups in total. The van der Waals surface area contributed by atoms with Gasteiger partial charge in [0.1, 0.15) is 13.0 Å². The molecule has 1 aromatic carbocycles. The van der Waals surface area contributed by atoms with Gasteiger partial charge < -0.3 is 10.0 Å². The minimum Gasteiger partial charge on any atom is -0.411 e. The van der Waals surface area contributed by atoms with E-state index in [-0.39, 0.29) is 5.78 Å². The van der Waals surface area contributed by atoms with Crippen LogP contribution >= 0.6 is 0 Å². The van der Waals surface area contributed by atoms with Crippen LogP contribution in [0.3, 0.4) is 0 Å². The first kappa shape index (κ1) is 11.0. The summed E-state index contributed by atoms with van der Waals surface area (Å²) in [4.78, 5) is 18.9. The van der Waals surface area contributed by atoms with Crippen molar-refractivity contribution in [1.82, 2.24) is 0 Å². The van der Waals surface area contributed by atoms with E-state index < -0.39 is 0 Å². The van der Waals surface area contributed by atoms with Crippen LogP contribution in [0, 0.1) is 0 Å². The first-order chi connectivity index (χ1) is 6.34. The second kappa shape index (κ2) is 6.72. The van der Waals surface area contributed by atoms with E-state index in [1.54, 1.807) is 24.3 Å². The standard InChI is InChI=1S/C8H7NO2.CH2O/c10-8(6-9-11)7-4-2-1-3-5-7;1-2/h1-6,11H;1H2. The highest BCUT2D eigenvalue weighted by atomic mass is 16.4. The van der Waals surface area contributed by atoms with Crippen molar-refractivity contribution in [3.63, 3.8) is 0 Å². The van der Waals surface area contributed by atoms with Crippen molar-refractivity contribution in [2.24, 2.45) is 5.16 Å². The zero-order chi connectivity index (χ0) is 10.1. The number of hydrogen-bond acceptors (Lipinski definition) is 4. The van der Waals surface area contributed by atoms with Crippen LogP contribution in [0.2, 0.25) is 0 Å². The van der Waals surface area contributed by atoms with Crippen LogP contribution < -0.4 is 0 Å². The zero-order valence-electron chi connectivity index (χ0n) is 6.88. The number of carbonyl (C=O) groups excluding carboxylic acids is 2. The summed E-state index contributed by atoms with van der Waals surface area (Å²) in [5.41, 5.74) is 0.519. The molecule has 0 aliphatic carbocycles. The van der Waals surface area contributed by atoms with Crippen molar-refractivity contribution in [3.05, 3.63) is 35.9 Å². The lowest BCUT2D eigenvalue weighted by atomic mass is 10.1. The Kier molecular flexibility index (Phi) is 5.70. The summed E-state index contributed by atoms with van der Waals surface area (Å²) in [5, 5.41) is 10.7. The van der Waals surface area contributed by atoms with Crippen LogP contribution in [0.5, 0.6) is 0 Å². The van der Waals surface area contributed by atoms with E-state index >= 15 is 0 Å². The van der Waals surface area contributed by atoms with Gasteiger partial charge in [0, 0.05) is 5.56 Å². The maximum absolute atomic E-state index is 10.9. The molecule has 1 aromatic rings. The maximum Gasteiger partial charge on any atom is 0.207 e. The molecule has 0 spiro atoms. The van der Waals surface area contributed by atoms with Gasteiger partial charge in [-0.1, -0.05) is 35.5 Å². The van der Waals surface area contributed by atoms with Crippen molar-refractivity contribution in [1.29, 1.82) is 0 Å². The Morgan fingerprint density at radius 3 is 2.31 bits per heavy atom. The molecule has 0 heterocycles. The van der Waals surface area contributed by atoms with Crippen LogP contribution in [0.25, 0.3) is 0 Å². The minimum atomic E-state index is -0.298. The van der Waals surface area contributed by atoms with Gasteiger partial charge in [-0.05, 0) is 0 Å². The molecule has 4 heteroatoms. The molecule has 0 unspecified atom stereocenters. The summed E-state index contributed by atoms with van der Waals surface area (Å²) < 4.78 is 0. The van der Waals surface area contributed by atoms with E-state index in [1.165, 1.54) is 0 Å². The Labute approximate surface area is 75.5 Å². The van der Waals surface area contributed by atoms with Gasteiger partial charge in [0.2, 0.25) is 5.78 Å². The van der Waals surface area contributed by atoms with Gasteiger partial charge in [0.15, 0.2) is 0 Å². The van der Waals surface area contributed by atoms with Crippen molar-refractivity contribution < 1.29 is 14.8 Å². The molecule has 0 fully saturated rings. The molecule has 0 radical (unpaired) electrons. The summed E-state index contributed by atoms with van der Waals surface area (Å²) in [6.07, 6.45) is 0.870. The summed E-state index contributed by atoms with van der Waals surface area (Å²) >= 11 is 0. The number of nitrogens with zero attached hydrogens (tertiary/aromatic N) is 1. The third-order valence-electron chi connectivity index (χ3n) is 1.23. The van der Waals surface area contributed by atoms with E-state index in [0.717, 1.165) is 6.21 Å². The fraction of sp³-hybridized carbons (Fsp3) is 0. The van der Waals surface area contributed by atoms with Crippen LogP contribution in [0.4, 0.5) is 0 Å². The minimum absolute atomic E-state index is 0.298. The molecule has 0 aliphatic heterocycles. The van der Waals surface area contributed by atoms with Gasteiger partial charge >= 0.3 is 0 Å². The van der Waals surface area contributed by atoms with Gasteiger partial charge in [-0.15, -0.1) is 0 Å². The predicted molar refractivity (Wildman–Crippen MR) is 48.2 cm³/mol. The third kappa shape index (κ3) is 3.81. The molecular weight excluding hydrogens is 170 g/mol. The van der Waals surface area contributed by atoms with E-state index in [0.29, 0.717) is 5.56 Å². The highest BCUT2D eigenvalue weighted by molar-refractivity contribution is 6.35. The third-order valence-corrected chi connectivity index (χ3v) is 1.23. The van der Waals surface area contributed by atoms with E-state index in [1.807, 2.05) is 12.9 Å². The average molecular weight is 179 g/mol. The number of hydrogen-bond donors (Lipinski definition) is 1. The summed E-state index contributed by atoms with van der Waals surface area (Å²) in [6.45, 7) is 2.00. The SMILES string of the molecule is C=O.O=C(C=NO)c1ccccc1. The maximum atomic E-state index is 10.9. The Morgan fingerprint density at radius 1 is 1.31 bits per heavy atom. The Hall–Kier alpha value is -1.97. The topological polar surface area (TPSA) is 66.7 Å². The van der Waals surface area contributed by atoms with Gasteiger partial charge in [0.25, 0.3) is 0 Å². The van der Waals surface area contributed by atoms with Crippen LogP contribution in [-0.2, 0) is 4.79 Å². The predicted octanol–water partition coefficient (Wildman–Crippen LogP) is 1.14. The van der Waals surface area contributed by atoms with Gasteiger partial charge in [-0.25, -0.2) is 0 Å². The number of oxime groups is 1. The zero-order valence-corrected chi connectivity index (χ0v) is 6.88. The lowest BCUT2D eigenvalue weighted by Crippen LogP contribution is -1.98. The fourth-order valence-corrected chi connectivity index (χ4v) is 0.729. The van der Waals surface area contributed by atoms with E-state index in [9.17, 15) is 4.79 Å². The Balaban J connectivity index is 0.000000671. The second-order valence-corrected chi connectivity index (χ2v) is 1.97. The molecule has 0 saturated heterocycles. The smallest absolute Gasteiger partial charge is 0.207 e. The van der Waals surface area contributed by atoms with Gasteiger partial charge in [-0.2, -0.15) is 0 Å². The van der Waals surface area contributed by atoms with Crippen LogP contribution in [0.1, 0.15) is 10.4 Å². The first-order valence-electron chi connectivity index (χ1n) is 3.40. The average Bonchev–Trinajstić information content (AvgIpc) is 2.23. The molecule has 0 saturated carbocycles. The lowest BCUT2D eigenvalue weighted by Gasteiger charge is -1.90. The number of benzene rings is 1. The molecule has 68 valence electrons. The number of ketones is 1. The summed E-state index contributed by atoms with van der Waals surface area (Å²) in [5.74, 6) is -0.298. The molecule has 4 nitrogen and oxygen atoms in total. The quantitative estimate of drug-likeness (QED) is 0.320. The monoisotopic (exact) mass is 179 g/mol. The Bertz CT molecular complexity index is 282. The van der Waals surface area contributed by atoms with Crippen molar-refractivity contribution >= 4 is 18.8 Å². The van der Waals surface area contributed by atoms with Crippen molar-refractivity contribution in [3.8, 4) is 0 Å². The first-order valence-corrected chi connectivity index (χ1v) is 3.40. The second-order valence-electron chi connectivity index (χ2n) is 1.97. The largest absolute Gasteiger partial charge is 0.411 e. The number of Topliss-reactive ketones (excluding diaryl/α,β-unsaturated/α-hetero) is 1. The highest BCUT2D eigenvalue weighted by Crippen LogP contribution is 1.97. The van der Waals surface area contributed by atoms with Crippen molar-refractivity contribution in [2.75, 3.05) is 0 Å². The van der Waals surface area contributed by atoms with Crippen LogP contribution in [0.15, 0.2) is 35.5 Å². The fourth-order valence-electron chi connectivity index (χ4n) is 0.729. The van der Waals surface area contributed by atoms with Crippen molar-refractivity contribution in [2.45, 2.75) is 0 Å². The van der Waals surface area contributed by atoms with Gasteiger partial charge in [-0.3, -0.25) is 4.79 Å². The molecule has 1 rings (SSSR count). The number of carbonyl (C=O) groups is 2. The lowest BCUT2D eigenvalue weighted by molar-refractivity contribution is -0.0979. The summed E-state index contributed by atoms with van der Waals surface area (Å²) in [6, 6.07) is 8.62. The molecule has 0 bridgehead atoms. The molecule has 0 aliphatic rings. The number of rotatable bonds is 2. The Morgan fingerprint density at radius 2 is 1.85 bits per heavy atom. The van der Waals surface area contributed by atoms with E-state index in [4.69, 9.17) is 10.0 Å². The molecule has 0 amide bonds. The highest BCUT2D eigenvalue weighted by Gasteiger charge is 1.98. The summed E-state index contributed by atoms with van der Waals surface area (Å²) in [7, 11) is 0. The van der Waals surface area contributed by atoms with Crippen LogP contribution in [-0.4, -0.2) is 24.0 Å². The molecule has 0 aromatic heterocycles.